The molecule has 0 amide bonds. The Morgan fingerprint density at radius 2 is 1.87 bits per heavy atom. The number of nitrogens with one attached hydrogen (secondary N) is 1. The first-order chi connectivity index (χ1) is 11.4. The molecule has 2 aromatic carbocycles. The number of fused-ring (bicyclic) bond motifs is 1. The van der Waals surface area contributed by atoms with Gasteiger partial charge in [0, 0.05) is 43.8 Å². The van der Waals surface area contributed by atoms with Crippen LogP contribution >= 0.6 is 0 Å². The smallest absolute Gasteiger partial charge is 0.0746 e. The molecule has 0 aliphatic carbocycles. The van der Waals surface area contributed by atoms with Crippen molar-refractivity contribution in [2.75, 3.05) is 19.6 Å². The Balaban J connectivity index is 1.65. The van der Waals surface area contributed by atoms with Crippen molar-refractivity contribution in [1.29, 1.82) is 0 Å². The largest absolute Gasteiger partial charge is 0.314 e. The van der Waals surface area contributed by atoms with E-state index in [0.29, 0.717) is 6.04 Å². The van der Waals surface area contributed by atoms with Gasteiger partial charge >= 0.3 is 0 Å². The zero-order valence-electron chi connectivity index (χ0n) is 13.2. The van der Waals surface area contributed by atoms with Crippen molar-refractivity contribution in [2.45, 2.75) is 12.6 Å². The number of rotatable bonds is 3. The highest BCUT2D eigenvalue weighted by molar-refractivity contribution is 5.81. The Kier molecular flexibility index (Phi) is 4.05. The molecule has 0 spiro atoms. The molecule has 23 heavy (non-hydrogen) atoms. The minimum Gasteiger partial charge on any atom is -0.314 e. The highest BCUT2D eigenvalue weighted by Crippen LogP contribution is 2.26. The van der Waals surface area contributed by atoms with Crippen LogP contribution < -0.4 is 5.32 Å². The monoisotopic (exact) mass is 303 g/mol. The van der Waals surface area contributed by atoms with Crippen molar-refractivity contribution in [3.8, 4) is 0 Å². The average Bonchev–Trinajstić information content (AvgIpc) is 2.63. The van der Waals surface area contributed by atoms with Crippen LogP contribution in [0, 0.1) is 0 Å². The Hall–Kier alpha value is -2.23. The van der Waals surface area contributed by atoms with Crippen molar-refractivity contribution in [2.24, 2.45) is 0 Å². The fourth-order valence-electron chi connectivity index (χ4n) is 3.45. The first-order valence-corrected chi connectivity index (χ1v) is 8.24. The van der Waals surface area contributed by atoms with Crippen LogP contribution in [0.4, 0.5) is 0 Å². The van der Waals surface area contributed by atoms with Crippen LogP contribution in [-0.2, 0) is 6.54 Å². The fraction of sp³-hybridized carbons (Fsp3) is 0.250. The predicted molar refractivity (Wildman–Crippen MR) is 94.2 cm³/mol. The number of benzene rings is 2. The van der Waals surface area contributed by atoms with Gasteiger partial charge in [0.15, 0.2) is 0 Å². The van der Waals surface area contributed by atoms with Gasteiger partial charge in [-0.2, -0.15) is 0 Å². The van der Waals surface area contributed by atoms with Crippen LogP contribution in [0.2, 0.25) is 0 Å². The number of piperazine rings is 1. The zero-order valence-corrected chi connectivity index (χ0v) is 13.2. The third-order valence-electron chi connectivity index (χ3n) is 4.63. The van der Waals surface area contributed by atoms with E-state index >= 15 is 0 Å². The number of hydrogen-bond donors (Lipinski definition) is 1. The molecule has 1 unspecified atom stereocenters. The topological polar surface area (TPSA) is 28.2 Å². The Morgan fingerprint density at radius 3 is 2.78 bits per heavy atom. The van der Waals surface area contributed by atoms with Gasteiger partial charge in [0.1, 0.15) is 0 Å². The molecular weight excluding hydrogens is 282 g/mol. The van der Waals surface area contributed by atoms with Gasteiger partial charge in [0.2, 0.25) is 0 Å². The molecular formula is C20H21N3. The van der Waals surface area contributed by atoms with Gasteiger partial charge in [0.05, 0.1) is 5.52 Å². The number of hydrogen-bond acceptors (Lipinski definition) is 3. The van der Waals surface area contributed by atoms with Crippen molar-refractivity contribution < 1.29 is 0 Å². The van der Waals surface area contributed by atoms with E-state index < -0.39 is 0 Å². The summed E-state index contributed by atoms with van der Waals surface area (Å²) in [6, 6.07) is 21.8. The van der Waals surface area contributed by atoms with E-state index in [1.54, 1.807) is 0 Å². The van der Waals surface area contributed by atoms with Crippen molar-refractivity contribution in [3.05, 3.63) is 78.0 Å². The first-order valence-electron chi connectivity index (χ1n) is 8.24. The minimum atomic E-state index is 0.420. The molecule has 0 radical (unpaired) electrons. The molecule has 1 atom stereocenters. The molecule has 3 aromatic rings. The van der Waals surface area contributed by atoms with Crippen LogP contribution in [0.5, 0.6) is 0 Å². The normalized spacial score (nSPS) is 19.0. The molecule has 3 heteroatoms. The maximum Gasteiger partial charge on any atom is 0.0746 e. The lowest BCUT2D eigenvalue weighted by molar-refractivity contribution is 0.154. The molecule has 4 rings (SSSR count). The summed E-state index contributed by atoms with van der Waals surface area (Å²) >= 11 is 0. The Bertz CT molecular complexity index is 780. The van der Waals surface area contributed by atoms with Gasteiger partial charge in [0.25, 0.3) is 0 Å². The van der Waals surface area contributed by atoms with Gasteiger partial charge in [-0.05, 0) is 17.2 Å². The number of pyridine rings is 1. The van der Waals surface area contributed by atoms with Crippen molar-refractivity contribution in [3.63, 3.8) is 0 Å². The van der Waals surface area contributed by atoms with Gasteiger partial charge < -0.3 is 5.32 Å². The van der Waals surface area contributed by atoms with Crippen LogP contribution in [0.15, 0.2) is 66.9 Å². The Morgan fingerprint density at radius 1 is 1.00 bits per heavy atom. The quantitative estimate of drug-likeness (QED) is 0.804. The van der Waals surface area contributed by atoms with Gasteiger partial charge in [-0.25, -0.2) is 0 Å². The molecule has 1 aliphatic heterocycles. The highest BCUT2D eigenvalue weighted by Gasteiger charge is 2.24. The van der Waals surface area contributed by atoms with E-state index in [0.717, 1.165) is 31.7 Å². The molecule has 1 fully saturated rings. The molecule has 2 heterocycles. The average molecular weight is 303 g/mol. The zero-order chi connectivity index (χ0) is 15.5. The highest BCUT2D eigenvalue weighted by atomic mass is 15.2. The molecule has 1 saturated heterocycles. The first kappa shape index (κ1) is 14.4. The third-order valence-corrected chi connectivity index (χ3v) is 4.63. The molecule has 116 valence electrons. The lowest BCUT2D eigenvalue weighted by Gasteiger charge is -2.36. The summed E-state index contributed by atoms with van der Waals surface area (Å²) in [6.45, 7) is 4.04. The van der Waals surface area contributed by atoms with Crippen LogP contribution in [0.3, 0.4) is 0 Å². The van der Waals surface area contributed by atoms with Crippen molar-refractivity contribution >= 4 is 10.9 Å². The van der Waals surface area contributed by atoms with E-state index in [4.69, 9.17) is 0 Å². The molecule has 1 aromatic heterocycles. The van der Waals surface area contributed by atoms with E-state index in [2.05, 4.69) is 69.8 Å². The maximum absolute atomic E-state index is 4.60. The van der Waals surface area contributed by atoms with E-state index in [1.807, 2.05) is 12.3 Å². The third kappa shape index (κ3) is 2.98. The molecule has 0 saturated carbocycles. The second-order valence-corrected chi connectivity index (χ2v) is 6.09. The Labute approximate surface area is 137 Å². The molecule has 0 bridgehead atoms. The second kappa shape index (κ2) is 6.49. The number of aromatic nitrogens is 1. The van der Waals surface area contributed by atoms with E-state index in [9.17, 15) is 0 Å². The summed E-state index contributed by atoms with van der Waals surface area (Å²) in [6.07, 6.45) is 1.89. The summed E-state index contributed by atoms with van der Waals surface area (Å²) in [5.74, 6) is 0. The summed E-state index contributed by atoms with van der Waals surface area (Å²) in [5, 5.41) is 4.75. The van der Waals surface area contributed by atoms with Crippen LogP contribution in [0.1, 0.15) is 17.2 Å². The maximum atomic E-state index is 4.60. The minimum absolute atomic E-state index is 0.420. The molecule has 1 aliphatic rings. The van der Waals surface area contributed by atoms with Gasteiger partial charge in [-0.1, -0.05) is 54.6 Å². The summed E-state index contributed by atoms with van der Waals surface area (Å²) in [5.41, 5.74) is 3.82. The number of para-hydroxylation sites is 1. The summed E-state index contributed by atoms with van der Waals surface area (Å²) < 4.78 is 0. The SMILES string of the molecule is c1ccc(C2CNCCN2Cc2cccc3cccnc23)cc1. The predicted octanol–water partition coefficient (Wildman–Crippen LogP) is 3.38. The summed E-state index contributed by atoms with van der Waals surface area (Å²) in [4.78, 5) is 7.17. The fourth-order valence-corrected chi connectivity index (χ4v) is 3.45. The lowest BCUT2D eigenvalue weighted by atomic mass is 10.0. The van der Waals surface area contributed by atoms with Gasteiger partial charge in [-0.15, -0.1) is 0 Å². The van der Waals surface area contributed by atoms with Crippen molar-refractivity contribution in [1.82, 2.24) is 15.2 Å². The second-order valence-electron chi connectivity index (χ2n) is 6.09. The lowest BCUT2D eigenvalue weighted by Crippen LogP contribution is -2.45. The van der Waals surface area contributed by atoms with Crippen LogP contribution in [-0.4, -0.2) is 29.5 Å². The summed E-state index contributed by atoms with van der Waals surface area (Å²) in [7, 11) is 0. The van der Waals surface area contributed by atoms with E-state index in [-0.39, 0.29) is 0 Å². The van der Waals surface area contributed by atoms with Crippen LogP contribution in [0.25, 0.3) is 10.9 Å². The molecule has 1 N–H and O–H groups in total. The van der Waals surface area contributed by atoms with E-state index in [1.165, 1.54) is 16.5 Å². The molecule has 3 nitrogen and oxygen atoms in total. The standard InChI is InChI=1S/C20H21N3/c1-2-6-16(7-3-1)19-14-21-12-13-23(19)15-18-9-4-8-17-10-5-11-22-20(17)18/h1-11,19,21H,12-15H2. The number of nitrogens with zero attached hydrogens (tertiary/aromatic N) is 2. The van der Waals surface area contributed by atoms with Gasteiger partial charge in [-0.3, -0.25) is 9.88 Å².